The van der Waals surface area contributed by atoms with Crippen molar-refractivity contribution in [2.24, 2.45) is 0 Å². The average molecular weight is 318 g/mol. The fourth-order valence-corrected chi connectivity index (χ4v) is 1.67. The van der Waals surface area contributed by atoms with Crippen molar-refractivity contribution in [1.82, 2.24) is 10.2 Å². The molecule has 0 fully saturated rings. The molecule has 0 aliphatic carbocycles. The van der Waals surface area contributed by atoms with Crippen LogP contribution in [-0.4, -0.2) is 38.0 Å². The van der Waals surface area contributed by atoms with Gasteiger partial charge in [0.25, 0.3) is 5.91 Å². The van der Waals surface area contributed by atoms with Crippen LogP contribution >= 0.6 is 22.6 Å². The molecular formula is C11H15IN2O. The highest BCUT2D eigenvalue weighted by molar-refractivity contribution is 14.1. The molecule has 0 saturated carbocycles. The van der Waals surface area contributed by atoms with Crippen molar-refractivity contribution in [2.75, 3.05) is 27.2 Å². The zero-order valence-corrected chi connectivity index (χ0v) is 11.1. The standard InChI is InChI=1S/C11H15IN2O/c1-14(2)7-6-13-11(15)9-4-3-5-10(12)8-9/h3-5,8H,6-7H2,1-2H3,(H,13,15). The number of carbonyl (C=O) groups is 1. The molecule has 1 aromatic carbocycles. The largest absolute Gasteiger partial charge is 0.351 e. The molecule has 1 amide bonds. The third-order valence-corrected chi connectivity index (χ3v) is 2.60. The van der Waals surface area contributed by atoms with Crippen molar-refractivity contribution in [3.63, 3.8) is 0 Å². The van der Waals surface area contributed by atoms with E-state index >= 15 is 0 Å². The van der Waals surface area contributed by atoms with Crippen LogP contribution in [0.5, 0.6) is 0 Å². The first kappa shape index (κ1) is 12.4. The SMILES string of the molecule is CN(C)CCNC(=O)c1cccc(I)c1. The summed E-state index contributed by atoms with van der Waals surface area (Å²) in [7, 11) is 3.97. The summed E-state index contributed by atoms with van der Waals surface area (Å²) in [5.41, 5.74) is 0.723. The number of likely N-dealkylation sites (N-methyl/N-ethyl adjacent to an activating group) is 1. The quantitative estimate of drug-likeness (QED) is 0.855. The van der Waals surface area contributed by atoms with Crippen molar-refractivity contribution in [2.45, 2.75) is 0 Å². The third kappa shape index (κ3) is 4.61. The van der Waals surface area contributed by atoms with Crippen molar-refractivity contribution < 1.29 is 4.79 Å². The number of hydrogen-bond donors (Lipinski definition) is 1. The zero-order valence-electron chi connectivity index (χ0n) is 8.96. The maximum absolute atomic E-state index is 11.6. The zero-order chi connectivity index (χ0) is 11.3. The van der Waals surface area contributed by atoms with Crippen LogP contribution in [0.3, 0.4) is 0 Å². The Bertz CT molecular complexity index is 339. The molecule has 1 N–H and O–H groups in total. The van der Waals surface area contributed by atoms with E-state index < -0.39 is 0 Å². The minimum Gasteiger partial charge on any atom is -0.351 e. The molecule has 1 aromatic rings. The van der Waals surface area contributed by atoms with Gasteiger partial charge < -0.3 is 10.2 Å². The second-order valence-corrected chi connectivity index (χ2v) is 4.82. The summed E-state index contributed by atoms with van der Waals surface area (Å²) in [6.45, 7) is 1.53. The van der Waals surface area contributed by atoms with Gasteiger partial charge in [0.15, 0.2) is 0 Å². The van der Waals surface area contributed by atoms with Gasteiger partial charge in [-0.2, -0.15) is 0 Å². The van der Waals surface area contributed by atoms with E-state index in [2.05, 4.69) is 27.9 Å². The predicted molar refractivity (Wildman–Crippen MR) is 70.0 cm³/mol. The number of nitrogens with zero attached hydrogens (tertiary/aromatic N) is 1. The van der Waals surface area contributed by atoms with Crippen LogP contribution in [0, 0.1) is 3.57 Å². The summed E-state index contributed by atoms with van der Waals surface area (Å²) < 4.78 is 1.08. The average Bonchev–Trinajstić information content (AvgIpc) is 2.17. The maximum Gasteiger partial charge on any atom is 0.251 e. The van der Waals surface area contributed by atoms with Crippen LogP contribution in [0.1, 0.15) is 10.4 Å². The van der Waals surface area contributed by atoms with Crippen LogP contribution < -0.4 is 5.32 Å². The minimum atomic E-state index is -0.00429. The Labute approximate surface area is 104 Å². The van der Waals surface area contributed by atoms with Gasteiger partial charge in [-0.25, -0.2) is 0 Å². The Morgan fingerprint density at radius 3 is 2.80 bits per heavy atom. The van der Waals surface area contributed by atoms with Crippen LogP contribution in [0.15, 0.2) is 24.3 Å². The molecule has 0 aliphatic rings. The highest BCUT2D eigenvalue weighted by Gasteiger charge is 2.04. The lowest BCUT2D eigenvalue weighted by atomic mass is 10.2. The Morgan fingerprint density at radius 2 is 2.20 bits per heavy atom. The van der Waals surface area contributed by atoms with Gasteiger partial charge in [-0.1, -0.05) is 6.07 Å². The molecule has 0 spiro atoms. The number of rotatable bonds is 4. The molecule has 3 nitrogen and oxygen atoms in total. The molecule has 0 bridgehead atoms. The van der Waals surface area contributed by atoms with Crippen LogP contribution in [0.25, 0.3) is 0 Å². The molecule has 0 atom stereocenters. The number of benzene rings is 1. The monoisotopic (exact) mass is 318 g/mol. The molecule has 0 saturated heterocycles. The first-order valence-corrected chi connectivity index (χ1v) is 5.86. The lowest BCUT2D eigenvalue weighted by molar-refractivity contribution is 0.0951. The van der Waals surface area contributed by atoms with Crippen LogP contribution in [-0.2, 0) is 0 Å². The predicted octanol–water partition coefficient (Wildman–Crippen LogP) is 1.58. The summed E-state index contributed by atoms with van der Waals surface area (Å²) in [6, 6.07) is 7.57. The minimum absolute atomic E-state index is 0.00429. The molecule has 4 heteroatoms. The fraction of sp³-hybridized carbons (Fsp3) is 0.364. The number of hydrogen-bond acceptors (Lipinski definition) is 2. The van der Waals surface area contributed by atoms with Crippen molar-refractivity contribution >= 4 is 28.5 Å². The number of nitrogens with one attached hydrogen (secondary N) is 1. The topological polar surface area (TPSA) is 32.3 Å². The van der Waals surface area contributed by atoms with Gasteiger partial charge in [0, 0.05) is 22.2 Å². The van der Waals surface area contributed by atoms with Gasteiger partial charge in [0.1, 0.15) is 0 Å². The van der Waals surface area contributed by atoms with Gasteiger partial charge in [0.05, 0.1) is 0 Å². The normalized spacial score (nSPS) is 10.4. The lowest BCUT2D eigenvalue weighted by Crippen LogP contribution is -2.31. The lowest BCUT2D eigenvalue weighted by Gasteiger charge is -2.10. The van der Waals surface area contributed by atoms with Crippen molar-refractivity contribution in [3.8, 4) is 0 Å². The smallest absolute Gasteiger partial charge is 0.251 e. The van der Waals surface area contributed by atoms with Gasteiger partial charge in [-0.15, -0.1) is 0 Å². The molecule has 0 radical (unpaired) electrons. The first-order valence-electron chi connectivity index (χ1n) is 4.78. The molecule has 82 valence electrons. The maximum atomic E-state index is 11.6. The Morgan fingerprint density at radius 1 is 1.47 bits per heavy atom. The molecule has 0 heterocycles. The summed E-state index contributed by atoms with van der Waals surface area (Å²) in [4.78, 5) is 13.7. The van der Waals surface area contributed by atoms with Crippen molar-refractivity contribution in [3.05, 3.63) is 33.4 Å². The third-order valence-electron chi connectivity index (χ3n) is 1.93. The van der Waals surface area contributed by atoms with Gasteiger partial charge in [-0.05, 0) is 54.9 Å². The van der Waals surface area contributed by atoms with Crippen LogP contribution in [0.4, 0.5) is 0 Å². The number of carbonyl (C=O) groups excluding carboxylic acids is 1. The van der Waals surface area contributed by atoms with E-state index in [1.54, 1.807) is 0 Å². The first-order chi connectivity index (χ1) is 7.09. The van der Waals surface area contributed by atoms with E-state index in [1.807, 2.05) is 43.3 Å². The second kappa shape index (κ2) is 6.07. The Kier molecular flexibility index (Phi) is 5.04. The van der Waals surface area contributed by atoms with E-state index in [0.29, 0.717) is 6.54 Å². The molecule has 1 rings (SSSR count). The van der Waals surface area contributed by atoms with Crippen molar-refractivity contribution in [1.29, 1.82) is 0 Å². The van der Waals surface area contributed by atoms with Gasteiger partial charge in [0.2, 0.25) is 0 Å². The van der Waals surface area contributed by atoms with E-state index in [1.165, 1.54) is 0 Å². The summed E-state index contributed by atoms with van der Waals surface area (Å²) in [6.07, 6.45) is 0. The van der Waals surface area contributed by atoms with Gasteiger partial charge in [-0.3, -0.25) is 4.79 Å². The molecule has 0 aliphatic heterocycles. The van der Waals surface area contributed by atoms with E-state index in [-0.39, 0.29) is 5.91 Å². The van der Waals surface area contributed by atoms with Crippen LogP contribution in [0.2, 0.25) is 0 Å². The van der Waals surface area contributed by atoms with Gasteiger partial charge >= 0.3 is 0 Å². The fourth-order valence-electron chi connectivity index (χ4n) is 1.12. The Hall–Kier alpha value is -0.620. The van der Waals surface area contributed by atoms with E-state index in [0.717, 1.165) is 15.7 Å². The highest BCUT2D eigenvalue weighted by Crippen LogP contribution is 2.07. The molecule has 15 heavy (non-hydrogen) atoms. The highest BCUT2D eigenvalue weighted by atomic mass is 127. The number of amides is 1. The molecular weight excluding hydrogens is 303 g/mol. The molecule has 0 aromatic heterocycles. The Balaban J connectivity index is 2.47. The molecule has 0 unspecified atom stereocenters. The number of halogens is 1. The summed E-state index contributed by atoms with van der Waals surface area (Å²) in [5.74, 6) is -0.00429. The van der Waals surface area contributed by atoms with E-state index in [4.69, 9.17) is 0 Å². The summed E-state index contributed by atoms with van der Waals surface area (Å²) in [5, 5.41) is 2.87. The summed E-state index contributed by atoms with van der Waals surface area (Å²) >= 11 is 2.20. The van der Waals surface area contributed by atoms with E-state index in [9.17, 15) is 4.79 Å². The second-order valence-electron chi connectivity index (χ2n) is 3.57.